The third-order valence-electron chi connectivity index (χ3n) is 4.09. The largest absolute Gasteiger partial charge is 0.497 e. The fourth-order valence-electron chi connectivity index (χ4n) is 2.70. The minimum absolute atomic E-state index is 0.0632. The van der Waals surface area contributed by atoms with Gasteiger partial charge >= 0.3 is 12.2 Å². The van der Waals surface area contributed by atoms with Crippen molar-refractivity contribution in [2.45, 2.75) is 11.8 Å². The molecule has 1 fully saturated rings. The lowest BCUT2D eigenvalue weighted by Crippen LogP contribution is -2.69. The maximum absolute atomic E-state index is 13.8. The van der Waals surface area contributed by atoms with Gasteiger partial charge in [0.1, 0.15) is 5.75 Å². The first-order valence-electron chi connectivity index (χ1n) is 7.94. The number of nitrogens with one attached hydrogen (secondary N) is 2. The van der Waals surface area contributed by atoms with E-state index in [2.05, 4.69) is 0 Å². The second-order valence-corrected chi connectivity index (χ2v) is 5.84. The summed E-state index contributed by atoms with van der Waals surface area (Å²) >= 11 is 0. The summed E-state index contributed by atoms with van der Waals surface area (Å²) < 4.78 is 46.5. The van der Waals surface area contributed by atoms with Crippen LogP contribution in [0.5, 0.6) is 5.75 Å². The Hall–Kier alpha value is -3.56. The van der Waals surface area contributed by atoms with Crippen LogP contribution in [0.1, 0.15) is 10.4 Å². The molecule has 0 bridgehead atoms. The van der Waals surface area contributed by atoms with Gasteiger partial charge in [0.15, 0.2) is 0 Å². The van der Waals surface area contributed by atoms with Crippen LogP contribution in [-0.2, 0) is 4.79 Å². The molecule has 1 heterocycles. The number of carbonyl (C=O) groups is 3. The molecule has 2 aromatic rings. The Bertz CT molecular complexity index is 933. The molecule has 0 radical (unpaired) electrons. The Balaban J connectivity index is 1.99. The summed E-state index contributed by atoms with van der Waals surface area (Å²) in [5, 5.41) is 3.22. The predicted octanol–water partition coefficient (Wildman–Crippen LogP) is 2.44. The Labute approximate surface area is 157 Å². The van der Waals surface area contributed by atoms with E-state index in [-0.39, 0.29) is 17.0 Å². The molecule has 0 spiro atoms. The molecule has 0 aliphatic carbocycles. The normalized spacial score (nSPS) is 19.4. The maximum atomic E-state index is 13.8. The Morgan fingerprint density at radius 1 is 1.11 bits per heavy atom. The molecule has 146 valence electrons. The third kappa shape index (κ3) is 3.13. The zero-order chi connectivity index (χ0) is 20.5. The van der Waals surface area contributed by atoms with Crippen molar-refractivity contribution in [3.63, 3.8) is 0 Å². The van der Waals surface area contributed by atoms with Crippen molar-refractivity contribution in [1.29, 1.82) is 0 Å². The van der Waals surface area contributed by atoms with Crippen LogP contribution in [0.15, 0.2) is 54.6 Å². The molecule has 2 aromatic carbocycles. The van der Waals surface area contributed by atoms with Crippen molar-refractivity contribution in [1.82, 2.24) is 10.6 Å². The summed E-state index contributed by atoms with van der Waals surface area (Å²) in [5.41, 5.74) is -3.84. The van der Waals surface area contributed by atoms with Gasteiger partial charge in [0.2, 0.25) is 0 Å². The summed E-state index contributed by atoms with van der Waals surface area (Å²) in [5.74, 6) is -2.63. The number of carbonyl (C=O) groups excluding carboxylic acids is 3. The first-order valence-corrected chi connectivity index (χ1v) is 7.94. The molecular formula is C18H14F3N3O4. The van der Waals surface area contributed by atoms with Gasteiger partial charge in [-0.1, -0.05) is 24.3 Å². The summed E-state index contributed by atoms with van der Waals surface area (Å²) in [7, 11) is 1.33. The van der Waals surface area contributed by atoms with Gasteiger partial charge < -0.3 is 10.1 Å². The number of anilines is 1. The second-order valence-electron chi connectivity index (χ2n) is 5.84. The van der Waals surface area contributed by atoms with Crippen LogP contribution >= 0.6 is 0 Å². The molecule has 0 aromatic heterocycles. The number of methoxy groups -OCH3 is 1. The van der Waals surface area contributed by atoms with Crippen molar-refractivity contribution >= 4 is 23.5 Å². The van der Waals surface area contributed by atoms with Gasteiger partial charge in [0.05, 0.1) is 12.8 Å². The maximum Gasteiger partial charge on any atom is 0.440 e. The Morgan fingerprint density at radius 3 is 2.39 bits per heavy atom. The predicted molar refractivity (Wildman–Crippen MR) is 91.7 cm³/mol. The number of halogens is 3. The van der Waals surface area contributed by atoms with Crippen molar-refractivity contribution in [3.05, 3.63) is 60.2 Å². The van der Waals surface area contributed by atoms with E-state index in [1.807, 2.05) is 0 Å². The number of alkyl halides is 3. The number of urea groups is 1. The van der Waals surface area contributed by atoms with Gasteiger partial charge in [0.25, 0.3) is 17.5 Å². The molecule has 1 aliphatic rings. The Morgan fingerprint density at radius 2 is 1.79 bits per heavy atom. The highest BCUT2D eigenvalue weighted by atomic mass is 19.4. The number of hydrogen-bond acceptors (Lipinski definition) is 4. The van der Waals surface area contributed by atoms with E-state index in [4.69, 9.17) is 4.74 Å². The lowest BCUT2D eigenvalue weighted by molar-refractivity contribution is -0.197. The fraction of sp³-hybridized carbons (Fsp3) is 0.167. The lowest BCUT2D eigenvalue weighted by atomic mass is 10.1. The molecule has 10 heteroatoms. The smallest absolute Gasteiger partial charge is 0.440 e. The number of ether oxygens (including phenoxy) is 1. The van der Waals surface area contributed by atoms with Crippen LogP contribution in [0.25, 0.3) is 0 Å². The molecule has 4 amide bonds. The SMILES string of the molecule is COc1cccc(C(=O)NC2(C(F)(F)F)NC(=O)N(c3ccccc3)C2=O)c1. The monoisotopic (exact) mass is 393 g/mol. The first-order chi connectivity index (χ1) is 13.2. The zero-order valence-electron chi connectivity index (χ0n) is 14.4. The number of nitrogens with zero attached hydrogens (tertiary/aromatic N) is 1. The average molecular weight is 393 g/mol. The number of para-hydroxylation sites is 1. The van der Waals surface area contributed by atoms with E-state index >= 15 is 0 Å². The minimum Gasteiger partial charge on any atom is -0.497 e. The molecule has 1 saturated heterocycles. The molecule has 1 atom stereocenters. The van der Waals surface area contributed by atoms with Crippen molar-refractivity contribution in [3.8, 4) is 5.75 Å². The number of benzene rings is 2. The van der Waals surface area contributed by atoms with E-state index < -0.39 is 29.7 Å². The quantitative estimate of drug-likeness (QED) is 0.782. The van der Waals surface area contributed by atoms with E-state index in [1.54, 1.807) is 16.7 Å². The molecule has 1 unspecified atom stereocenters. The first kappa shape index (κ1) is 19.2. The lowest BCUT2D eigenvalue weighted by Gasteiger charge is -2.29. The van der Waals surface area contributed by atoms with Gasteiger partial charge in [-0.25, -0.2) is 9.69 Å². The molecular weight excluding hydrogens is 379 g/mol. The second kappa shape index (κ2) is 6.87. The standard InChI is InChI=1S/C18H14F3N3O4/c1-28-13-9-5-6-11(10-13)14(25)22-17(18(19,20)21)15(26)24(16(27)23-17)12-7-3-2-4-8-12/h2-10H,1H3,(H,22,25)(H,23,27). The zero-order valence-corrected chi connectivity index (χ0v) is 14.4. The van der Waals surface area contributed by atoms with Crippen molar-refractivity contribution in [2.75, 3.05) is 12.0 Å². The summed E-state index contributed by atoms with van der Waals surface area (Å²) in [4.78, 5) is 37.6. The highest BCUT2D eigenvalue weighted by Gasteiger charge is 2.69. The minimum atomic E-state index is -5.29. The van der Waals surface area contributed by atoms with Crippen LogP contribution < -0.4 is 20.3 Å². The summed E-state index contributed by atoms with van der Waals surface area (Å²) in [6.45, 7) is 0. The molecule has 7 nitrogen and oxygen atoms in total. The van der Waals surface area contributed by atoms with Crippen LogP contribution in [0.4, 0.5) is 23.7 Å². The average Bonchev–Trinajstić information content (AvgIpc) is 2.93. The number of rotatable bonds is 4. The van der Waals surface area contributed by atoms with E-state index in [1.165, 1.54) is 55.6 Å². The third-order valence-corrected chi connectivity index (χ3v) is 4.09. The highest BCUT2D eigenvalue weighted by Crippen LogP contribution is 2.36. The van der Waals surface area contributed by atoms with Crippen LogP contribution in [0.3, 0.4) is 0 Å². The van der Waals surface area contributed by atoms with Crippen LogP contribution in [0, 0.1) is 0 Å². The van der Waals surface area contributed by atoms with Gasteiger partial charge in [-0.15, -0.1) is 0 Å². The van der Waals surface area contributed by atoms with Gasteiger partial charge in [0, 0.05) is 5.56 Å². The van der Waals surface area contributed by atoms with E-state index in [0.717, 1.165) is 0 Å². The fourth-order valence-corrected chi connectivity index (χ4v) is 2.70. The van der Waals surface area contributed by atoms with Crippen LogP contribution in [-0.4, -0.2) is 36.8 Å². The van der Waals surface area contributed by atoms with E-state index in [0.29, 0.717) is 4.90 Å². The summed E-state index contributed by atoms with van der Waals surface area (Å²) in [6.07, 6.45) is -5.29. The number of hydrogen-bond donors (Lipinski definition) is 2. The van der Waals surface area contributed by atoms with Crippen molar-refractivity contribution < 1.29 is 32.3 Å². The van der Waals surface area contributed by atoms with Crippen LogP contribution in [0.2, 0.25) is 0 Å². The van der Waals surface area contributed by atoms with Gasteiger partial charge in [-0.05, 0) is 30.3 Å². The molecule has 0 saturated carbocycles. The Kier molecular flexibility index (Phi) is 4.72. The topological polar surface area (TPSA) is 87.7 Å². The molecule has 28 heavy (non-hydrogen) atoms. The van der Waals surface area contributed by atoms with Gasteiger partial charge in [-0.3, -0.25) is 14.9 Å². The number of amides is 4. The molecule has 1 aliphatic heterocycles. The van der Waals surface area contributed by atoms with Crippen molar-refractivity contribution in [2.24, 2.45) is 0 Å². The highest BCUT2D eigenvalue weighted by molar-refractivity contribution is 6.24. The summed E-state index contributed by atoms with van der Waals surface area (Å²) in [6, 6.07) is 11.1. The molecule has 2 N–H and O–H groups in total. The molecule has 3 rings (SSSR count). The van der Waals surface area contributed by atoms with E-state index in [9.17, 15) is 27.6 Å². The van der Waals surface area contributed by atoms with Gasteiger partial charge in [-0.2, -0.15) is 13.2 Å². The number of imide groups is 1.